The Morgan fingerprint density at radius 3 is 1.17 bits per heavy atom. The summed E-state index contributed by atoms with van der Waals surface area (Å²) in [6, 6.07) is 65.4. The van der Waals surface area contributed by atoms with E-state index in [0.29, 0.717) is 33.4 Å². The Morgan fingerprint density at radius 2 is 0.736 bits per heavy atom. The fourth-order valence-electron chi connectivity index (χ4n) is 12.8. The standard InChI is InChI=1S/C83H92N6O21/c90-46-66-70(91)67(88-82(97)105-53-61-37-21-7-22-38-61)75(101-49-57-29-13-3-14-30-57)78(108-66)110-73-68(87-76(93)65(99-47-55-25-9-1-10-26-55)43-44-84-79(94)102-50-58-31-15-4-16-32-58)72(100-48-56-27-11-2-12-28-56)69(89-83(98)106-54-62-39-23-8-24-40-62)74(71(73)92)109-77-64(86-81(96)104-52-60-35-19-6-20-36-60)42-41-63(107-77)45-85-80(95)103-51-59-33-17-5-18-34-59/h1-40,63-75,77-78,90-92H,41-54H2,(H,84,94)(H,85,95)(H,86,96)(H,87,93)(H,88,97)(H,89,98)/t63-,64?,65-,66?,67-,68+,69-,70+,71?,72?,73-,74?,75?,77+,78+/m0/s1. The second-order valence-electron chi connectivity index (χ2n) is 26.5. The van der Waals surface area contributed by atoms with E-state index in [1.165, 1.54) is 0 Å². The first-order valence-electron chi connectivity index (χ1n) is 36.5. The van der Waals surface area contributed by atoms with Gasteiger partial charge in [-0.1, -0.05) is 243 Å². The molecule has 0 spiro atoms. The maximum Gasteiger partial charge on any atom is 0.407 e. The number of carbonyl (C=O) groups is 6. The zero-order valence-corrected chi connectivity index (χ0v) is 60.3. The molecule has 580 valence electrons. The van der Waals surface area contributed by atoms with Crippen LogP contribution in [0, 0.1) is 0 Å². The van der Waals surface area contributed by atoms with Crippen LogP contribution in [0.25, 0.3) is 0 Å². The van der Waals surface area contributed by atoms with Crippen molar-refractivity contribution >= 4 is 36.4 Å². The third-order valence-corrected chi connectivity index (χ3v) is 18.5. The van der Waals surface area contributed by atoms with Crippen molar-refractivity contribution in [1.29, 1.82) is 0 Å². The number of hydrogen-bond donors (Lipinski definition) is 9. The minimum atomic E-state index is -2.14. The molecular weight excluding hydrogens is 1420 g/mol. The number of amides is 6. The lowest BCUT2D eigenvalue weighted by molar-refractivity contribution is -0.329. The number of ether oxygens (including phenoxy) is 12. The van der Waals surface area contributed by atoms with Crippen LogP contribution in [-0.4, -0.2) is 163 Å². The number of carbonyl (C=O) groups excluding carboxylic acids is 6. The highest BCUT2D eigenvalue weighted by Crippen LogP contribution is 2.36. The van der Waals surface area contributed by atoms with Gasteiger partial charge in [-0.05, 0) is 57.3 Å². The maximum absolute atomic E-state index is 15.9. The molecule has 8 aromatic carbocycles. The Morgan fingerprint density at radius 1 is 0.373 bits per heavy atom. The molecule has 1 saturated carbocycles. The van der Waals surface area contributed by atoms with Gasteiger partial charge in [0.15, 0.2) is 12.6 Å². The van der Waals surface area contributed by atoms with Crippen molar-refractivity contribution < 1.29 is 101 Å². The Kier molecular flexibility index (Phi) is 30.8. The largest absolute Gasteiger partial charge is 0.445 e. The van der Waals surface area contributed by atoms with Crippen molar-refractivity contribution in [2.45, 2.75) is 164 Å². The van der Waals surface area contributed by atoms with E-state index in [1.54, 1.807) is 206 Å². The summed E-state index contributed by atoms with van der Waals surface area (Å²) >= 11 is 0. The first kappa shape index (κ1) is 80.2. The van der Waals surface area contributed by atoms with E-state index < -0.39 is 135 Å². The van der Waals surface area contributed by atoms with Crippen LogP contribution in [0.5, 0.6) is 0 Å². The van der Waals surface area contributed by atoms with Gasteiger partial charge in [0, 0.05) is 19.5 Å². The lowest BCUT2D eigenvalue weighted by Gasteiger charge is -2.52. The Hall–Kier alpha value is -10.8. The molecule has 27 heteroatoms. The van der Waals surface area contributed by atoms with E-state index in [1.807, 2.05) is 36.4 Å². The summed E-state index contributed by atoms with van der Waals surface area (Å²) < 4.78 is 76.4. The van der Waals surface area contributed by atoms with Gasteiger partial charge in [-0.25, -0.2) is 24.0 Å². The average Bonchev–Trinajstić information content (AvgIpc) is 0.753. The molecule has 2 saturated heterocycles. The van der Waals surface area contributed by atoms with Crippen LogP contribution in [0.4, 0.5) is 24.0 Å². The van der Waals surface area contributed by atoms with E-state index >= 15 is 4.79 Å². The van der Waals surface area contributed by atoms with Gasteiger partial charge in [0.25, 0.3) is 0 Å². The third-order valence-electron chi connectivity index (χ3n) is 18.5. The fourth-order valence-corrected chi connectivity index (χ4v) is 12.8. The summed E-state index contributed by atoms with van der Waals surface area (Å²) in [6.07, 6.45) is -22.7. The van der Waals surface area contributed by atoms with E-state index in [9.17, 15) is 39.3 Å². The molecule has 2 aliphatic heterocycles. The van der Waals surface area contributed by atoms with Crippen molar-refractivity contribution in [2.75, 3.05) is 19.7 Å². The first-order chi connectivity index (χ1) is 53.8. The summed E-state index contributed by atoms with van der Waals surface area (Å²) in [6.45, 7) is -2.51. The number of nitrogens with one attached hydrogen (secondary N) is 6. The van der Waals surface area contributed by atoms with Crippen LogP contribution in [0.15, 0.2) is 243 Å². The highest BCUT2D eigenvalue weighted by atomic mass is 16.7. The smallest absolute Gasteiger partial charge is 0.407 e. The highest BCUT2D eigenvalue weighted by Gasteiger charge is 2.58. The van der Waals surface area contributed by atoms with Crippen molar-refractivity contribution in [2.24, 2.45) is 0 Å². The molecule has 3 aliphatic rings. The van der Waals surface area contributed by atoms with Crippen LogP contribution < -0.4 is 31.9 Å². The number of aliphatic hydroxyl groups is 3. The van der Waals surface area contributed by atoms with Crippen LogP contribution >= 0.6 is 0 Å². The monoisotopic (exact) mass is 1510 g/mol. The molecule has 1 aliphatic carbocycles. The van der Waals surface area contributed by atoms with Gasteiger partial charge in [0.2, 0.25) is 5.91 Å². The lowest BCUT2D eigenvalue weighted by atomic mass is 9.80. The van der Waals surface area contributed by atoms with Crippen molar-refractivity contribution in [3.8, 4) is 0 Å². The number of rotatable bonds is 34. The molecule has 0 aromatic heterocycles. The predicted octanol–water partition coefficient (Wildman–Crippen LogP) is 9.08. The van der Waals surface area contributed by atoms with E-state index in [-0.39, 0.29) is 85.2 Å². The molecule has 6 amide bonds. The Balaban J connectivity index is 1.00. The summed E-state index contributed by atoms with van der Waals surface area (Å²) in [4.78, 5) is 85.9. The predicted molar refractivity (Wildman–Crippen MR) is 397 cm³/mol. The molecule has 9 N–H and O–H groups in total. The summed E-state index contributed by atoms with van der Waals surface area (Å²) in [7, 11) is 0. The lowest BCUT2D eigenvalue weighted by Crippen LogP contribution is -2.75. The molecule has 0 bridgehead atoms. The topological polar surface area (TPSA) is 346 Å². The summed E-state index contributed by atoms with van der Waals surface area (Å²) in [5.74, 6) is -0.860. The molecule has 110 heavy (non-hydrogen) atoms. The second-order valence-corrected chi connectivity index (χ2v) is 26.5. The number of alkyl carbamates (subject to hydrolysis) is 5. The van der Waals surface area contributed by atoms with Gasteiger partial charge < -0.3 is 104 Å². The van der Waals surface area contributed by atoms with Gasteiger partial charge in [-0.3, -0.25) is 4.79 Å². The van der Waals surface area contributed by atoms with Gasteiger partial charge in [0.05, 0.1) is 56.7 Å². The Bertz CT molecular complexity index is 4080. The summed E-state index contributed by atoms with van der Waals surface area (Å²) in [5.41, 5.74) is 5.26. The van der Waals surface area contributed by atoms with Gasteiger partial charge in [-0.15, -0.1) is 0 Å². The van der Waals surface area contributed by atoms with Crippen molar-refractivity contribution in [1.82, 2.24) is 31.9 Å². The van der Waals surface area contributed by atoms with Gasteiger partial charge in [0.1, 0.15) is 81.9 Å². The average molecular weight is 1510 g/mol. The molecule has 27 nitrogen and oxygen atoms in total. The molecular formula is C83H92N6O21. The van der Waals surface area contributed by atoms with Crippen molar-refractivity contribution in [3.63, 3.8) is 0 Å². The van der Waals surface area contributed by atoms with Crippen LogP contribution in [0.1, 0.15) is 63.8 Å². The minimum absolute atomic E-state index is 0.0446. The molecule has 8 aromatic rings. The molecule has 11 rings (SSSR count). The van der Waals surface area contributed by atoms with Gasteiger partial charge >= 0.3 is 30.5 Å². The zero-order chi connectivity index (χ0) is 76.7. The fraction of sp³-hybridized carbons (Fsp3) is 0.349. The highest BCUT2D eigenvalue weighted by molar-refractivity contribution is 5.81. The van der Waals surface area contributed by atoms with Gasteiger partial charge in [-0.2, -0.15) is 0 Å². The maximum atomic E-state index is 15.9. The second kappa shape index (κ2) is 42.2. The molecule has 2 heterocycles. The number of aliphatic hydroxyl groups excluding tert-OH is 3. The number of benzene rings is 8. The van der Waals surface area contributed by atoms with Crippen LogP contribution in [0.3, 0.4) is 0 Å². The Labute approximate surface area is 637 Å². The normalized spacial score (nSPS) is 23.2. The quantitative estimate of drug-likeness (QED) is 0.0170. The number of hydrogen-bond acceptors (Lipinski definition) is 21. The van der Waals surface area contributed by atoms with E-state index in [2.05, 4.69) is 31.9 Å². The SMILES string of the molecule is O=C(NCC[C@H](OCc1ccccc1)C(=O)N[C@@H]1C(OCc2ccccc2)[C@H](NC(=O)OCc2ccccc2)C(O[C@H]2O[C@H](CNC(=O)OCc3ccccc3)CCC2NC(=O)OCc2ccccc2)C(O)[C@H]1O[C@H]1OC(CO)[C@@H](O)[C@H](NC(=O)OCc2ccccc2)C1OCc1ccccc1)OCc1ccccc1. The molecule has 3 fully saturated rings. The molecule has 6 unspecified atom stereocenters. The first-order valence-corrected chi connectivity index (χ1v) is 36.5. The molecule has 0 radical (unpaired) electrons. The third kappa shape index (κ3) is 24.6. The van der Waals surface area contributed by atoms with Crippen molar-refractivity contribution in [3.05, 3.63) is 287 Å². The van der Waals surface area contributed by atoms with Crippen LogP contribution in [0.2, 0.25) is 0 Å². The molecule has 15 atom stereocenters. The zero-order valence-electron chi connectivity index (χ0n) is 60.3. The summed E-state index contributed by atoms with van der Waals surface area (Å²) in [5, 5.41) is 54.5. The van der Waals surface area contributed by atoms with Crippen LogP contribution in [-0.2, 0) is 114 Å². The van der Waals surface area contributed by atoms with E-state index in [4.69, 9.17) is 56.8 Å². The minimum Gasteiger partial charge on any atom is -0.445 e. The van der Waals surface area contributed by atoms with E-state index in [0.717, 1.165) is 11.1 Å².